The van der Waals surface area contributed by atoms with Gasteiger partial charge in [0.2, 0.25) is 0 Å². The van der Waals surface area contributed by atoms with Crippen molar-refractivity contribution in [2.75, 3.05) is 16.9 Å². The molecule has 30 heavy (non-hydrogen) atoms. The second-order valence-corrected chi connectivity index (χ2v) is 10.2. The number of aryl methyl sites for hydroxylation is 1. The lowest BCUT2D eigenvalue weighted by Crippen LogP contribution is -2.14. The molecule has 2 aromatic carbocycles. The quantitative estimate of drug-likeness (QED) is 0.517. The van der Waals surface area contributed by atoms with Gasteiger partial charge in [0.25, 0.3) is 11.8 Å². The Labute approximate surface area is 187 Å². The van der Waals surface area contributed by atoms with Crippen molar-refractivity contribution in [2.45, 2.75) is 11.8 Å². The number of nitrogens with one attached hydrogen (secondary N) is 2. The van der Waals surface area contributed by atoms with Crippen LogP contribution < -0.4 is 10.6 Å². The number of carbonyl (C=O) groups is 2. The number of hydrogen-bond donors (Lipinski definition) is 2. The van der Waals surface area contributed by atoms with E-state index >= 15 is 0 Å². The molecule has 1 heterocycles. The van der Waals surface area contributed by atoms with E-state index in [-0.39, 0.29) is 32.1 Å². The molecule has 3 aromatic rings. The van der Waals surface area contributed by atoms with Crippen molar-refractivity contribution in [3.8, 4) is 0 Å². The molecule has 0 unspecified atom stereocenters. The van der Waals surface area contributed by atoms with Gasteiger partial charge in [-0.3, -0.25) is 9.59 Å². The van der Waals surface area contributed by atoms with Crippen LogP contribution in [0, 0.1) is 6.92 Å². The lowest BCUT2D eigenvalue weighted by atomic mass is 10.2. The minimum atomic E-state index is -3.36. The van der Waals surface area contributed by atoms with Crippen LogP contribution in [0.2, 0.25) is 10.0 Å². The standard InChI is InChI=1S/C20H16Cl2N2O4S2/c1-11-7-8-29-18(11)20(26)23-13-9-15(21)17(16(22)10-13)24-19(25)12-3-5-14(6-4-12)30(2,27)28/h3-10H,1-2H3,(H,23,26)(H,24,25). The third-order valence-electron chi connectivity index (χ3n) is 4.15. The summed E-state index contributed by atoms with van der Waals surface area (Å²) in [7, 11) is -3.36. The number of anilines is 2. The summed E-state index contributed by atoms with van der Waals surface area (Å²) >= 11 is 13.9. The van der Waals surface area contributed by atoms with Crippen molar-refractivity contribution in [3.63, 3.8) is 0 Å². The number of amides is 2. The van der Waals surface area contributed by atoms with E-state index in [4.69, 9.17) is 23.2 Å². The molecule has 0 aliphatic carbocycles. The molecule has 10 heteroatoms. The number of carbonyl (C=O) groups excluding carboxylic acids is 2. The number of rotatable bonds is 5. The number of hydrogen-bond acceptors (Lipinski definition) is 5. The van der Waals surface area contributed by atoms with Gasteiger partial charge in [-0.2, -0.15) is 0 Å². The Hall–Kier alpha value is -2.39. The summed E-state index contributed by atoms with van der Waals surface area (Å²) in [6, 6.07) is 10.3. The molecule has 0 fully saturated rings. The fourth-order valence-electron chi connectivity index (χ4n) is 2.60. The molecule has 3 rings (SSSR count). The predicted molar refractivity (Wildman–Crippen MR) is 121 cm³/mol. The zero-order valence-corrected chi connectivity index (χ0v) is 19.0. The highest BCUT2D eigenvalue weighted by atomic mass is 35.5. The molecule has 0 saturated heterocycles. The van der Waals surface area contributed by atoms with Gasteiger partial charge in [0.1, 0.15) is 0 Å². The molecule has 2 amide bonds. The lowest BCUT2D eigenvalue weighted by molar-refractivity contribution is 0.101. The zero-order chi connectivity index (χ0) is 22.1. The largest absolute Gasteiger partial charge is 0.321 e. The van der Waals surface area contributed by atoms with Crippen LogP contribution in [0.25, 0.3) is 0 Å². The summed E-state index contributed by atoms with van der Waals surface area (Å²) < 4.78 is 23.1. The minimum absolute atomic E-state index is 0.108. The van der Waals surface area contributed by atoms with Gasteiger partial charge in [-0.1, -0.05) is 23.2 Å². The van der Waals surface area contributed by atoms with E-state index in [1.807, 2.05) is 18.4 Å². The van der Waals surface area contributed by atoms with E-state index in [1.165, 1.54) is 47.7 Å². The van der Waals surface area contributed by atoms with Gasteiger partial charge >= 0.3 is 0 Å². The molecule has 0 bridgehead atoms. The zero-order valence-electron chi connectivity index (χ0n) is 15.8. The average Bonchev–Trinajstić information content (AvgIpc) is 3.10. The summed E-state index contributed by atoms with van der Waals surface area (Å²) in [5, 5.41) is 7.45. The molecule has 1 aromatic heterocycles. The smallest absolute Gasteiger partial charge is 0.265 e. The van der Waals surface area contributed by atoms with E-state index in [2.05, 4.69) is 10.6 Å². The molecule has 2 N–H and O–H groups in total. The lowest BCUT2D eigenvalue weighted by Gasteiger charge is -2.12. The molecule has 0 aliphatic heterocycles. The van der Waals surface area contributed by atoms with Crippen molar-refractivity contribution in [3.05, 3.63) is 73.9 Å². The SMILES string of the molecule is Cc1ccsc1C(=O)Nc1cc(Cl)c(NC(=O)c2ccc(S(C)(=O)=O)cc2)c(Cl)c1. The highest BCUT2D eigenvalue weighted by molar-refractivity contribution is 7.90. The number of sulfone groups is 1. The summed E-state index contributed by atoms with van der Waals surface area (Å²) in [6.45, 7) is 1.84. The van der Waals surface area contributed by atoms with Crippen LogP contribution in [-0.4, -0.2) is 26.5 Å². The summed E-state index contributed by atoms with van der Waals surface area (Å²) in [4.78, 5) is 25.5. The summed E-state index contributed by atoms with van der Waals surface area (Å²) in [6.07, 6.45) is 1.09. The Balaban J connectivity index is 1.78. The fraction of sp³-hybridized carbons (Fsp3) is 0.100. The van der Waals surface area contributed by atoms with Crippen LogP contribution in [0.3, 0.4) is 0 Å². The Morgan fingerprint density at radius 3 is 2.03 bits per heavy atom. The molecule has 0 radical (unpaired) electrons. The van der Waals surface area contributed by atoms with Crippen LogP contribution in [0.1, 0.15) is 25.6 Å². The molecule has 0 aliphatic rings. The van der Waals surface area contributed by atoms with Gasteiger partial charge < -0.3 is 10.6 Å². The summed E-state index contributed by atoms with van der Waals surface area (Å²) in [5.74, 6) is -0.790. The molecule has 0 spiro atoms. The van der Waals surface area contributed by atoms with Crippen molar-refractivity contribution in [1.29, 1.82) is 0 Å². The third-order valence-corrected chi connectivity index (χ3v) is 6.89. The maximum absolute atomic E-state index is 12.5. The van der Waals surface area contributed by atoms with E-state index in [0.29, 0.717) is 10.6 Å². The van der Waals surface area contributed by atoms with Crippen LogP contribution in [0.5, 0.6) is 0 Å². The number of benzene rings is 2. The first-order valence-electron chi connectivity index (χ1n) is 8.52. The van der Waals surface area contributed by atoms with Gasteiger partial charge in [-0.25, -0.2) is 8.42 Å². The van der Waals surface area contributed by atoms with Crippen molar-refractivity contribution < 1.29 is 18.0 Å². The Bertz CT molecular complexity index is 1210. The predicted octanol–water partition coefficient (Wildman–Crippen LogP) is 5.27. The first-order chi connectivity index (χ1) is 14.1. The monoisotopic (exact) mass is 482 g/mol. The normalized spacial score (nSPS) is 11.2. The van der Waals surface area contributed by atoms with Gasteiger partial charge in [-0.05, 0) is 60.3 Å². The number of halogens is 2. The molecule has 0 saturated carbocycles. The van der Waals surface area contributed by atoms with Crippen LogP contribution in [-0.2, 0) is 9.84 Å². The number of thiophene rings is 1. The topological polar surface area (TPSA) is 92.3 Å². The van der Waals surface area contributed by atoms with E-state index < -0.39 is 15.7 Å². The Kier molecular flexibility index (Phi) is 6.52. The highest BCUT2D eigenvalue weighted by Gasteiger charge is 2.16. The van der Waals surface area contributed by atoms with Gasteiger partial charge in [0, 0.05) is 17.5 Å². The van der Waals surface area contributed by atoms with Crippen molar-refractivity contribution in [2.24, 2.45) is 0 Å². The fourth-order valence-corrected chi connectivity index (χ4v) is 4.63. The van der Waals surface area contributed by atoms with Crippen molar-refractivity contribution >= 4 is 67.6 Å². The summed E-state index contributed by atoms with van der Waals surface area (Å²) in [5.41, 5.74) is 1.67. The van der Waals surface area contributed by atoms with E-state index in [0.717, 1.165) is 11.8 Å². The second kappa shape index (κ2) is 8.77. The van der Waals surface area contributed by atoms with Gasteiger partial charge in [0.05, 0.1) is 25.5 Å². The first kappa shape index (κ1) is 22.3. The van der Waals surface area contributed by atoms with E-state index in [9.17, 15) is 18.0 Å². The third kappa shape index (κ3) is 5.02. The van der Waals surface area contributed by atoms with Crippen LogP contribution in [0.4, 0.5) is 11.4 Å². The van der Waals surface area contributed by atoms with Crippen molar-refractivity contribution in [1.82, 2.24) is 0 Å². The van der Waals surface area contributed by atoms with Gasteiger partial charge in [-0.15, -0.1) is 11.3 Å². The molecule has 156 valence electrons. The molecular formula is C20H16Cl2N2O4S2. The molecule has 0 atom stereocenters. The minimum Gasteiger partial charge on any atom is -0.321 e. The maximum Gasteiger partial charge on any atom is 0.265 e. The Morgan fingerprint density at radius 1 is 0.933 bits per heavy atom. The Morgan fingerprint density at radius 2 is 1.53 bits per heavy atom. The highest BCUT2D eigenvalue weighted by Crippen LogP contribution is 2.34. The van der Waals surface area contributed by atoms with E-state index in [1.54, 1.807) is 0 Å². The van der Waals surface area contributed by atoms with Crippen LogP contribution in [0.15, 0.2) is 52.7 Å². The molecular weight excluding hydrogens is 467 g/mol. The second-order valence-electron chi connectivity index (χ2n) is 6.45. The van der Waals surface area contributed by atoms with Crippen LogP contribution >= 0.6 is 34.5 Å². The van der Waals surface area contributed by atoms with Gasteiger partial charge in [0.15, 0.2) is 9.84 Å². The molecule has 6 nitrogen and oxygen atoms in total. The maximum atomic E-state index is 12.5. The first-order valence-corrected chi connectivity index (χ1v) is 12.0. The average molecular weight is 483 g/mol.